The minimum atomic E-state index is -4.43. The minimum Gasteiger partial charge on any atom is -0.481 e. The Bertz CT molecular complexity index is 523. The second kappa shape index (κ2) is 8.94. The van der Waals surface area contributed by atoms with Crippen molar-refractivity contribution in [2.24, 2.45) is 0 Å². The fourth-order valence-corrected chi connectivity index (χ4v) is 2.68. The molecule has 1 amide bonds. The molecule has 0 aliphatic carbocycles. The number of anilines is 1. The lowest BCUT2D eigenvalue weighted by molar-refractivity contribution is -0.136. The number of rotatable bonds is 8. The molecule has 1 rings (SSSR count). The molecule has 0 fully saturated rings. The number of hydrogen-bond donors (Lipinski definition) is 2. The molecule has 0 saturated carbocycles. The van der Waals surface area contributed by atoms with E-state index in [4.69, 9.17) is 5.11 Å². The molecule has 1 aromatic rings. The Morgan fingerprint density at radius 3 is 2.64 bits per heavy atom. The van der Waals surface area contributed by atoms with Crippen LogP contribution in [0.2, 0.25) is 0 Å². The highest BCUT2D eigenvalue weighted by atomic mass is 32.2. The highest BCUT2D eigenvalue weighted by Gasteiger charge is 2.29. The third kappa shape index (κ3) is 8.83. The summed E-state index contributed by atoms with van der Waals surface area (Å²) < 4.78 is 36.0. The van der Waals surface area contributed by atoms with Gasteiger partial charge in [-0.25, -0.2) is 0 Å². The molecule has 0 spiro atoms. The van der Waals surface area contributed by atoms with Gasteiger partial charge >= 0.3 is 11.5 Å². The smallest absolute Gasteiger partial charge is 0.442 e. The van der Waals surface area contributed by atoms with Gasteiger partial charge in [-0.1, -0.05) is 12.1 Å². The number of carbonyl (C=O) groups excluding carboxylic acids is 1. The molecule has 0 aliphatic rings. The van der Waals surface area contributed by atoms with E-state index in [0.717, 1.165) is 5.56 Å². The standard InChI is InChI=1S/C13H14F3NO3S2/c14-13(15,16)22-8-11(18)17-10-3-1-2-9(6-10)7-21-5-4-12(19)20/h1-3,6H,4-5,7-8H2,(H,17,18)(H,19,20). The van der Waals surface area contributed by atoms with Gasteiger partial charge in [-0.2, -0.15) is 24.9 Å². The fraction of sp³-hybridized carbons (Fsp3) is 0.385. The van der Waals surface area contributed by atoms with E-state index < -0.39 is 23.1 Å². The largest absolute Gasteiger partial charge is 0.481 e. The normalized spacial score (nSPS) is 11.2. The average molecular weight is 353 g/mol. The van der Waals surface area contributed by atoms with Gasteiger partial charge in [0.2, 0.25) is 5.91 Å². The molecular weight excluding hydrogens is 339 g/mol. The molecule has 22 heavy (non-hydrogen) atoms. The Morgan fingerprint density at radius 1 is 1.27 bits per heavy atom. The summed E-state index contributed by atoms with van der Waals surface area (Å²) in [7, 11) is 0. The summed E-state index contributed by atoms with van der Waals surface area (Å²) >= 11 is 1.04. The molecule has 4 nitrogen and oxygen atoms in total. The molecule has 0 heterocycles. The van der Waals surface area contributed by atoms with E-state index in [0.29, 0.717) is 17.2 Å². The summed E-state index contributed by atoms with van der Waals surface area (Å²) in [4.78, 5) is 21.8. The Kier molecular flexibility index (Phi) is 7.60. The molecule has 0 unspecified atom stereocenters. The quantitative estimate of drug-likeness (QED) is 0.699. The summed E-state index contributed by atoms with van der Waals surface area (Å²) in [5.74, 6) is -1.25. The number of hydrogen-bond acceptors (Lipinski definition) is 4. The first-order valence-electron chi connectivity index (χ1n) is 6.15. The Labute approximate surface area is 133 Å². The summed E-state index contributed by atoms with van der Waals surface area (Å²) in [6.45, 7) is 0. The predicted molar refractivity (Wildman–Crippen MR) is 82.0 cm³/mol. The van der Waals surface area contributed by atoms with Gasteiger partial charge in [0.05, 0.1) is 12.2 Å². The lowest BCUT2D eigenvalue weighted by atomic mass is 10.2. The van der Waals surface area contributed by atoms with Gasteiger partial charge in [-0.05, 0) is 29.5 Å². The minimum absolute atomic E-state index is 0.0652. The molecule has 1 aromatic carbocycles. The van der Waals surface area contributed by atoms with Gasteiger partial charge in [0.25, 0.3) is 0 Å². The number of carboxylic acids is 1. The lowest BCUT2D eigenvalue weighted by Crippen LogP contribution is -2.17. The van der Waals surface area contributed by atoms with Gasteiger partial charge in [0.15, 0.2) is 0 Å². The van der Waals surface area contributed by atoms with Crippen LogP contribution in [0.15, 0.2) is 24.3 Å². The van der Waals surface area contributed by atoms with Crippen molar-refractivity contribution in [2.75, 3.05) is 16.8 Å². The van der Waals surface area contributed by atoms with Crippen molar-refractivity contribution in [1.29, 1.82) is 0 Å². The topological polar surface area (TPSA) is 66.4 Å². The molecule has 0 saturated heterocycles. The first kappa shape index (κ1) is 18.7. The second-order valence-electron chi connectivity index (χ2n) is 4.18. The first-order valence-corrected chi connectivity index (χ1v) is 8.29. The highest BCUT2D eigenvalue weighted by Crippen LogP contribution is 2.30. The lowest BCUT2D eigenvalue weighted by Gasteiger charge is -2.08. The van der Waals surface area contributed by atoms with Crippen LogP contribution in [0.3, 0.4) is 0 Å². The number of halogens is 3. The van der Waals surface area contributed by atoms with Crippen LogP contribution in [0.25, 0.3) is 0 Å². The van der Waals surface area contributed by atoms with Crippen molar-refractivity contribution >= 4 is 41.1 Å². The SMILES string of the molecule is O=C(O)CCSCc1cccc(NC(=O)CSC(F)(F)F)c1. The molecule has 0 bridgehead atoms. The van der Waals surface area contributed by atoms with Crippen LogP contribution in [-0.2, 0) is 15.3 Å². The van der Waals surface area contributed by atoms with Gasteiger partial charge < -0.3 is 10.4 Å². The maximum Gasteiger partial charge on any atom is 0.442 e. The van der Waals surface area contributed by atoms with Crippen LogP contribution in [-0.4, -0.2) is 34.0 Å². The van der Waals surface area contributed by atoms with Crippen molar-refractivity contribution < 1.29 is 27.9 Å². The number of alkyl halides is 3. The van der Waals surface area contributed by atoms with E-state index in [1.807, 2.05) is 0 Å². The zero-order valence-corrected chi connectivity index (χ0v) is 13.0. The summed E-state index contributed by atoms with van der Waals surface area (Å²) in [6, 6.07) is 6.72. The molecule has 0 radical (unpaired) electrons. The van der Waals surface area contributed by atoms with Crippen LogP contribution < -0.4 is 5.32 Å². The summed E-state index contributed by atoms with van der Waals surface area (Å²) in [5, 5.41) is 10.9. The van der Waals surface area contributed by atoms with Crippen LogP contribution in [0.4, 0.5) is 18.9 Å². The molecule has 0 atom stereocenters. The van der Waals surface area contributed by atoms with E-state index in [9.17, 15) is 22.8 Å². The van der Waals surface area contributed by atoms with Gasteiger partial charge in [0, 0.05) is 17.2 Å². The molecule has 9 heteroatoms. The van der Waals surface area contributed by atoms with Crippen molar-refractivity contribution in [3.8, 4) is 0 Å². The number of nitrogens with one attached hydrogen (secondary N) is 1. The number of benzene rings is 1. The van der Waals surface area contributed by atoms with Gasteiger partial charge in [0.1, 0.15) is 0 Å². The van der Waals surface area contributed by atoms with Crippen LogP contribution >= 0.6 is 23.5 Å². The second-order valence-corrected chi connectivity index (χ2v) is 6.32. The maximum absolute atomic E-state index is 12.0. The Balaban J connectivity index is 2.43. The van der Waals surface area contributed by atoms with Crippen LogP contribution in [0.1, 0.15) is 12.0 Å². The number of aliphatic carboxylic acids is 1. The van der Waals surface area contributed by atoms with E-state index in [2.05, 4.69) is 5.32 Å². The van der Waals surface area contributed by atoms with E-state index in [1.165, 1.54) is 11.8 Å². The van der Waals surface area contributed by atoms with Gasteiger partial charge in [-0.15, -0.1) is 0 Å². The Hall–Kier alpha value is -1.35. The third-order valence-electron chi connectivity index (χ3n) is 2.31. The Morgan fingerprint density at radius 2 is 2.00 bits per heavy atom. The molecular formula is C13H14F3NO3S2. The monoisotopic (exact) mass is 353 g/mol. The van der Waals surface area contributed by atoms with E-state index in [-0.39, 0.29) is 18.2 Å². The predicted octanol–water partition coefficient (Wildman–Crippen LogP) is 3.59. The third-order valence-corrected chi connectivity index (χ3v) is 4.07. The van der Waals surface area contributed by atoms with Crippen LogP contribution in [0, 0.1) is 0 Å². The van der Waals surface area contributed by atoms with E-state index in [1.54, 1.807) is 24.3 Å². The number of amides is 1. The van der Waals surface area contributed by atoms with E-state index >= 15 is 0 Å². The van der Waals surface area contributed by atoms with Crippen molar-refractivity contribution in [1.82, 2.24) is 0 Å². The zero-order valence-electron chi connectivity index (χ0n) is 11.4. The number of carboxylic acid groups (broad SMARTS) is 1. The van der Waals surface area contributed by atoms with Crippen molar-refractivity contribution in [3.05, 3.63) is 29.8 Å². The first-order chi connectivity index (χ1) is 10.3. The maximum atomic E-state index is 12.0. The summed E-state index contributed by atoms with van der Waals surface area (Å²) in [5.41, 5.74) is -3.15. The number of thioether (sulfide) groups is 2. The van der Waals surface area contributed by atoms with Gasteiger partial charge in [-0.3, -0.25) is 9.59 Å². The molecule has 2 N–H and O–H groups in total. The zero-order chi connectivity index (χ0) is 16.6. The molecule has 0 aliphatic heterocycles. The number of carbonyl (C=O) groups is 2. The molecule has 122 valence electrons. The van der Waals surface area contributed by atoms with Crippen molar-refractivity contribution in [3.63, 3.8) is 0 Å². The van der Waals surface area contributed by atoms with Crippen molar-refractivity contribution in [2.45, 2.75) is 17.7 Å². The fourth-order valence-electron chi connectivity index (χ4n) is 1.43. The summed E-state index contributed by atoms with van der Waals surface area (Å²) in [6.07, 6.45) is 0.0652. The highest BCUT2D eigenvalue weighted by molar-refractivity contribution is 8.00. The van der Waals surface area contributed by atoms with Crippen LogP contribution in [0.5, 0.6) is 0 Å². The molecule has 0 aromatic heterocycles. The average Bonchev–Trinajstić information content (AvgIpc) is 2.41.